The number of anilines is 1. The van der Waals surface area contributed by atoms with E-state index in [-0.39, 0.29) is 51.1 Å². The first-order chi connectivity index (χ1) is 30.3. The number of hydrogen-bond acceptors (Lipinski definition) is 15. The van der Waals surface area contributed by atoms with E-state index in [1.54, 1.807) is 39.8 Å². The average molecular weight is 889 g/mol. The van der Waals surface area contributed by atoms with Crippen molar-refractivity contribution in [1.29, 1.82) is 0 Å². The highest BCUT2D eigenvalue weighted by Gasteiger charge is 2.50. The molecule has 0 spiro atoms. The number of methoxy groups -OCH3 is 1. The monoisotopic (exact) mass is 888 g/mol. The third kappa shape index (κ3) is 10.5. The molecule has 16 heteroatoms. The fourth-order valence-electron chi connectivity index (χ4n) is 7.99. The molecule has 0 aliphatic carbocycles. The Balaban J connectivity index is 1.59. The van der Waals surface area contributed by atoms with E-state index < -0.39 is 88.8 Å². The molecule has 0 saturated carbocycles. The average Bonchev–Trinajstić information content (AvgIpc) is 3.53. The second-order valence-corrected chi connectivity index (χ2v) is 16.6. The lowest BCUT2D eigenvalue weighted by atomic mass is 9.78. The first-order valence-electron chi connectivity index (χ1n) is 21.3. The molecule has 346 valence electrons. The number of ketones is 1. The summed E-state index contributed by atoms with van der Waals surface area (Å²) >= 11 is 0. The van der Waals surface area contributed by atoms with Gasteiger partial charge in [-0.05, 0) is 44.9 Å². The maximum atomic E-state index is 14.4. The summed E-state index contributed by atoms with van der Waals surface area (Å²) < 4.78 is 29.3. The van der Waals surface area contributed by atoms with Crippen molar-refractivity contribution in [3.05, 3.63) is 83.2 Å². The van der Waals surface area contributed by atoms with Gasteiger partial charge in [-0.2, -0.15) is 0 Å². The topological polar surface area (TPSA) is 232 Å². The SMILES string of the molecule is COC1/C=C/OC2(C)Oc3c(C)c(O)c4c(O)c(c(/C=N/OCCCCOc5ccccc5)c(O)c4c3C2=O)NC(=O)/C(C)=C\C=C\C(C)C(O)C(C)C(O)C(C)C(OC(C)=O)C1C. The fraction of sp³-hybridized carbons (Fsp3) is 0.458. The molecule has 3 heterocycles. The second kappa shape index (κ2) is 21.1. The second-order valence-electron chi connectivity index (χ2n) is 16.6. The first kappa shape index (κ1) is 48.9. The van der Waals surface area contributed by atoms with Gasteiger partial charge in [-0.3, -0.25) is 14.4 Å². The number of nitrogens with zero attached hydrogens (tertiary/aromatic N) is 1. The van der Waals surface area contributed by atoms with Crippen molar-refractivity contribution in [2.45, 2.75) is 98.4 Å². The molecule has 6 rings (SSSR count). The summed E-state index contributed by atoms with van der Waals surface area (Å²) in [5.74, 6) is -8.02. The lowest BCUT2D eigenvalue weighted by Gasteiger charge is -2.38. The van der Waals surface area contributed by atoms with E-state index in [9.17, 15) is 39.9 Å². The number of carbonyl (C=O) groups is 3. The molecule has 16 nitrogen and oxygen atoms in total. The van der Waals surface area contributed by atoms with Crippen molar-refractivity contribution in [2.75, 3.05) is 25.6 Å². The lowest BCUT2D eigenvalue weighted by molar-refractivity contribution is -0.160. The van der Waals surface area contributed by atoms with Crippen LogP contribution in [0.2, 0.25) is 0 Å². The lowest BCUT2D eigenvalue weighted by Crippen LogP contribution is -2.46. The minimum Gasteiger partial charge on any atom is -0.507 e. The number of oxime groups is 1. The molecule has 64 heavy (non-hydrogen) atoms. The van der Waals surface area contributed by atoms with Crippen molar-refractivity contribution in [2.24, 2.45) is 28.8 Å². The Hall–Kier alpha value is -6.10. The molecule has 3 aliphatic heterocycles. The predicted molar refractivity (Wildman–Crippen MR) is 239 cm³/mol. The van der Waals surface area contributed by atoms with Crippen LogP contribution in [0.5, 0.6) is 28.7 Å². The molecule has 9 unspecified atom stereocenters. The van der Waals surface area contributed by atoms with Gasteiger partial charge in [-0.25, -0.2) is 0 Å². The summed E-state index contributed by atoms with van der Waals surface area (Å²) in [6, 6.07) is 9.33. The molecule has 0 saturated heterocycles. The van der Waals surface area contributed by atoms with E-state index in [1.165, 1.54) is 53.2 Å². The van der Waals surface area contributed by atoms with Crippen LogP contribution >= 0.6 is 0 Å². The zero-order valence-corrected chi connectivity index (χ0v) is 37.7. The number of unbranched alkanes of at least 4 members (excludes halogenated alkanes) is 1. The van der Waals surface area contributed by atoms with Crippen molar-refractivity contribution in [3.63, 3.8) is 0 Å². The van der Waals surface area contributed by atoms with Crippen LogP contribution in [-0.4, -0.2) is 99.9 Å². The van der Waals surface area contributed by atoms with E-state index in [1.807, 2.05) is 30.3 Å². The van der Waals surface area contributed by atoms with Gasteiger partial charge in [-0.15, -0.1) is 0 Å². The number of phenolic OH excluding ortho intramolecular Hbond substituents is 3. The van der Waals surface area contributed by atoms with E-state index in [0.717, 1.165) is 12.0 Å². The number of hydrogen-bond donors (Lipinski definition) is 6. The summed E-state index contributed by atoms with van der Waals surface area (Å²) in [5.41, 5.74) is -0.669. The minimum absolute atomic E-state index is 0.0255. The Kier molecular flexibility index (Phi) is 16.1. The van der Waals surface area contributed by atoms with Gasteiger partial charge >= 0.3 is 11.8 Å². The van der Waals surface area contributed by atoms with E-state index >= 15 is 0 Å². The van der Waals surface area contributed by atoms with Gasteiger partial charge in [0.1, 0.15) is 35.7 Å². The smallest absolute Gasteiger partial charge is 0.312 e. The Labute approximate surface area is 372 Å². The van der Waals surface area contributed by atoms with Crippen molar-refractivity contribution >= 4 is 40.3 Å². The van der Waals surface area contributed by atoms with E-state index in [4.69, 9.17) is 28.5 Å². The largest absolute Gasteiger partial charge is 0.507 e. The van der Waals surface area contributed by atoms with Gasteiger partial charge in [0.2, 0.25) is 0 Å². The van der Waals surface area contributed by atoms with Gasteiger partial charge < -0.3 is 59.4 Å². The number of amides is 1. The molecular weight excluding hydrogens is 829 g/mol. The summed E-state index contributed by atoms with van der Waals surface area (Å²) in [4.78, 5) is 46.0. The highest BCUT2D eigenvalue weighted by Crippen LogP contribution is 2.55. The van der Waals surface area contributed by atoms with Crippen LogP contribution in [0.3, 0.4) is 0 Å². The number of phenols is 3. The van der Waals surface area contributed by atoms with Gasteiger partial charge in [0.15, 0.2) is 5.75 Å². The van der Waals surface area contributed by atoms with Gasteiger partial charge in [0, 0.05) is 61.2 Å². The molecule has 3 aromatic rings. The van der Waals surface area contributed by atoms with Crippen LogP contribution in [0.4, 0.5) is 5.69 Å². The number of aromatic hydroxyl groups is 3. The predicted octanol–water partition coefficient (Wildman–Crippen LogP) is 6.96. The number of ether oxygens (including phenoxy) is 5. The number of carbonyl (C=O) groups excluding carboxylic acids is 3. The van der Waals surface area contributed by atoms with E-state index in [0.29, 0.717) is 19.4 Å². The normalized spacial score (nSPS) is 28.5. The standard InChI is InChI=1S/C48H60N2O14/c1-25-16-15-17-26(2)47(58)50-38-33(24-49-62-22-14-13-21-60-32-18-11-10-12-19-32)42(55)35-36(43(38)56)41(54)30(6)45-37(35)46(57)48(8,64-45)61-23-20-34(59-9)27(3)44(63-31(7)51)29(5)40(53)28(4)39(25)52/h10-12,15-20,23-25,27-29,34,39-40,44,52-56H,13-14,21-22H2,1-9H3,(H,50,58)/b16-15+,23-20+,26-17-,49-24+. The van der Waals surface area contributed by atoms with Crippen LogP contribution in [-0.2, 0) is 28.6 Å². The molecule has 3 aromatic carbocycles. The molecule has 6 N–H and O–H groups in total. The van der Waals surface area contributed by atoms with E-state index in [2.05, 4.69) is 10.5 Å². The van der Waals surface area contributed by atoms with Crippen LogP contribution in [0.1, 0.15) is 82.8 Å². The van der Waals surface area contributed by atoms with Crippen molar-refractivity contribution in [1.82, 2.24) is 0 Å². The number of para-hydroxylation sites is 1. The van der Waals surface area contributed by atoms with Crippen LogP contribution in [0.15, 0.2) is 71.6 Å². The number of benzene rings is 3. The molecular formula is C48H60N2O14. The fourth-order valence-corrected chi connectivity index (χ4v) is 7.99. The molecule has 0 fully saturated rings. The maximum Gasteiger partial charge on any atom is 0.312 e. The molecule has 0 radical (unpaired) electrons. The third-order valence-corrected chi connectivity index (χ3v) is 11.9. The minimum atomic E-state index is -2.08. The summed E-state index contributed by atoms with van der Waals surface area (Å²) in [7, 11) is 1.43. The number of aliphatic hydroxyl groups is 2. The van der Waals surface area contributed by atoms with Gasteiger partial charge in [0.25, 0.3) is 11.7 Å². The Morgan fingerprint density at radius 1 is 0.906 bits per heavy atom. The molecule has 0 aromatic heterocycles. The Bertz CT molecular complexity index is 2310. The maximum absolute atomic E-state index is 14.4. The zero-order chi connectivity index (χ0) is 47.0. The van der Waals surface area contributed by atoms with Gasteiger partial charge in [-0.1, -0.05) is 69.3 Å². The van der Waals surface area contributed by atoms with Crippen LogP contribution in [0, 0.1) is 30.6 Å². The molecule has 1 amide bonds. The van der Waals surface area contributed by atoms with Crippen LogP contribution < -0.4 is 14.8 Å². The number of rotatable bonds is 10. The third-order valence-electron chi connectivity index (χ3n) is 11.9. The van der Waals surface area contributed by atoms with Crippen LogP contribution in [0.25, 0.3) is 10.8 Å². The molecule has 9 atom stereocenters. The quantitative estimate of drug-likeness (QED) is 0.0302. The Morgan fingerprint density at radius 2 is 1.59 bits per heavy atom. The van der Waals surface area contributed by atoms with Crippen molar-refractivity contribution < 1.29 is 68.4 Å². The highest BCUT2D eigenvalue weighted by molar-refractivity contribution is 6.23. The number of fused-ring (bicyclic) bond motifs is 14. The summed E-state index contributed by atoms with van der Waals surface area (Å²) in [5, 5.41) is 64.4. The molecule has 3 aliphatic rings. The Morgan fingerprint density at radius 3 is 2.27 bits per heavy atom. The zero-order valence-electron chi connectivity index (χ0n) is 37.7. The number of allylic oxidation sites excluding steroid dienone is 2. The number of Topliss-reactive ketones (excluding diaryl/α,β-unsaturated/α-hetero) is 1. The van der Waals surface area contributed by atoms with Gasteiger partial charge in [0.05, 0.1) is 59.6 Å². The summed E-state index contributed by atoms with van der Waals surface area (Å²) in [6.45, 7) is 13.0. The highest BCUT2D eigenvalue weighted by atomic mass is 16.7. The van der Waals surface area contributed by atoms with Crippen molar-refractivity contribution in [3.8, 4) is 28.7 Å². The number of nitrogens with one attached hydrogen (secondary N) is 1. The summed E-state index contributed by atoms with van der Waals surface area (Å²) in [6.07, 6.45) is 5.66. The number of aliphatic hydroxyl groups excluding tert-OH is 2. The first-order valence-corrected chi connectivity index (χ1v) is 21.3. The number of esters is 1. The molecule has 5 bridgehead atoms.